The molecule has 0 atom stereocenters. The van der Waals surface area contributed by atoms with Crippen LogP contribution in [0, 0.1) is 11.6 Å². The van der Waals surface area contributed by atoms with Crippen molar-refractivity contribution in [1.29, 1.82) is 0 Å². The number of carbonyl (C=O) groups is 1. The summed E-state index contributed by atoms with van der Waals surface area (Å²) in [5, 5.41) is 9.27. The molecule has 120 valence electrons. The number of hydrogen-bond acceptors (Lipinski definition) is 5. The highest BCUT2D eigenvalue weighted by Gasteiger charge is 2.20. The number of nitrogens with zero attached hydrogens (tertiary/aromatic N) is 3. The Morgan fingerprint density at radius 1 is 1.17 bits per heavy atom. The van der Waals surface area contributed by atoms with Crippen LogP contribution in [0.4, 0.5) is 14.7 Å². The molecule has 8 heteroatoms. The molecular formula is C15H13F2N3O3. The highest BCUT2D eigenvalue weighted by Crippen LogP contribution is 2.25. The fourth-order valence-electron chi connectivity index (χ4n) is 2.36. The molecule has 2 aromatic rings. The molecule has 1 aliphatic rings. The molecule has 0 radical (unpaired) electrons. The van der Waals surface area contributed by atoms with E-state index in [0.717, 1.165) is 18.3 Å². The lowest BCUT2D eigenvalue weighted by atomic mass is 10.1. The topological polar surface area (TPSA) is 75.5 Å². The summed E-state index contributed by atoms with van der Waals surface area (Å²) in [6, 6.07) is 2.80. The van der Waals surface area contributed by atoms with Crippen molar-refractivity contribution in [3.05, 3.63) is 41.6 Å². The van der Waals surface area contributed by atoms with Gasteiger partial charge in [-0.05, 0) is 12.1 Å². The van der Waals surface area contributed by atoms with Gasteiger partial charge in [-0.3, -0.25) is 0 Å². The first kappa shape index (κ1) is 15.3. The van der Waals surface area contributed by atoms with Crippen LogP contribution in [0.1, 0.15) is 10.4 Å². The lowest BCUT2D eigenvalue weighted by molar-refractivity contribution is 0.0696. The van der Waals surface area contributed by atoms with Gasteiger partial charge in [0.2, 0.25) is 5.95 Å². The fraction of sp³-hybridized carbons (Fsp3) is 0.267. The summed E-state index contributed by atoms with van der Waals surface area (Å²) in [4.78, 5) is 21.4. The third-order valence-corrected chi connectivity index (χ3v) is 3.44. The zero-order valence-corrected chi connectivity index (χ0v) is 12.0. The van der Waals surface area contributed by atoms with Gasteiger partial charge in [0.1, 0.15) is 17.2 Å². The predicted octanol–water partition coefficient (Wildman–Crippen LogP) is 1.96. The van der Waals surface area contributed by atoms with Crippen LogP contribution >= 0.6 is 0 Å². The number of halogens is 2. The van der Waals surface area contributed by atoms with Crippen LogP contribution in [0.15, 0.2) is 24.4 Å². The standard InChI is InChI=1S/C15H13F2N3O3/c16-10-5-9(6-11(17)7-10)13-12(14(21)22)8-18-15(19-13)20-1-3-23-4-2-20/h5-8H,1-4H2,(H,21,22). The van der Waals surface area contributed by atoms with Gasteiger partial charge in [-0.1, -0.05) is 0 Å². The van der Waals surface area contributed by atoms with Gasteiger partial charge >= 0.3 is 5.97 Å². The van der Waals surface area contributed by atoms with Crippen molar-refractivity contribution in [2.24, 2.45) is 0 Å². The van der Waals surface area contributed by atoms with Crippen molar-refractivity contribution in [3.63, 3.8) is 0 Å². The molecule has 1 N–H and O–H groups in total. The average molecular weight is 321 g/mol. The molecular weight excluding hydrogens is 308 g/mol. The minimum absolute atomic E-state index is 0.0209. The molecule has 0 amide bonds. The second-order valence-electron chi connectivity index (χ2n) is 4.99. The van der Waals surface area contributed by atoms with E-state index >= 15 is 0 Å². The van der Waals surface area contributed by atoms with Crippen molar-refractivity contribution < 1.29 is 23.4 Å². The third-order valence-electron chi connectivity index (χ3n) is 3.44. The van der Waals surface area contributed by atoms with E-state index in [-0.39, 0.29) is 16.8 Å². The quantitative estimate of drug-likeness (QED) is 0.931. The monoisotopic (exact) mass is 321 g/mol. The number of anilines is 1. The minimum Gasteiger partial charge on any atom is -0.478 e. The number of aromatic nitrogens is 2. The molecule has 0 bridgehead atoms. The van der Waals surface area contributed by atoms with Crippen LogP contribution in [-0.2, 0) is 4.74 Å². The number of ether oxygens (including phenoxy) is 1. The van der Waals surface area contributed by atoms with Crippen LogP contribution < -0.4 is 4.90 Å². The Hall–Kier alpha value is -2.61. The van der Waals surface area contributed by atoms with Crippen LogP contribution in [0.25, 0.3) is 11.3 Å². The smallest absolute Gasteiger partial charge is 0.339 e. The van der Waals surface area contributed by atoms with Crippen molar-refractivity contribution in [2.75, 3.05) is 31.2 Å². The van der Waals surface area contributed by atoms with E-state index in [1.807, 2.05) is 4.90 Å². The van der Waals surface area contributed by atoms with E-state index in [4.69, 9.17) is 4.74 Å². The number of hydrogen-bond donors (Lipinski definition) is 1. The first-order chi connectivity index (χ1) is 11.0. The highest BCUT2D eigenvalue weighted by atomic mass is 19.1. The maximum atomic E-state index is 13.4. The Balaban J connectivity index is 2.09. The van der Waals surface area contributed by atoms with Gasteiger partial charge in [0.25, 0.3) is 0 Å². The van der Waals surface area contributed by atoms with E-state index in [0.29, 0.717) is 38.3 Å². The lowest BCUT2D eigenvalue weighted by Gasteiger charge is -2.27. The molecule has 0 spiro atoms. The molecule has 2 heterocycles. The van der Waals surface area contributed by atoms with E-state index in [1.54, 1.807) is 0 Å². The number of rotatable bonds is 3. The van der Waals surface area contributed by atoms with Gasteiger partial charge in [-0.2, -0.15) is 0 Å². The average Bonchev–Trinajstić information content (AvgIpc) is 2.54. The van der Waals surface area contributed by atoms with Crippen molar-refractivity contribution in [1.82, 2.24) is 9.97 Å². The van der Waals surface area contributed by atoms with Crippen LogP contribution in [0.3, 0.4) is 0 Å². The van der Waals surface area contributed by atoms with Crippen molar-refractivity contribution in [2.45, 2.75) is 0 Å². The van der Waals surface area contributed by atoms with Crippen LogP contribution in [0.2, 0.25) is 0 Å². The minimum atomic E-state index is -1.27. The number of carboxylic acids is 1. The first-order valence-corrected chi connectivity index (χ1v) is 6.94. The van der Waals surface area contributed by atoms with Gasteiger partial charge in [-0.25, -0.2) is 23.5 Å². The zero-order valence-electron chi connectivity index (χ0n) is 12.0. The molecule has 0 aliphatic carbocycles. The summed E-state index contributed by atoms with van der Waals surface area (Å²) >= 11 is 0. The van der Waals surface area contributed by atoms with Gasteiger partial charge < -0.3 is 14.7 Å². The summed E-state index contributed by atoms with van der Waals surface area (Å²) in [5.41, 5.74) is -0.184. The molecule has 1 aliphatic heterocycles. The van der Waals surface area contributed by atoms with E-state index < -0.39 is 17.6 Å². The molecule has 1 aromatic heterocycles. The lowest BCUT2D eigenvalue weighted by Crippen LogP contribution is -2.37. The molecule has 1 fully saturated rings. The van der Waals surface area contributed by atoms with Gasteiger partial charge in [-0.15, -0.1) is 0 Å². The third kappa shape index (κ3) is 3.26. The number of aromatic carboxylic acids is 1. The van der Waals surface area contributed by atoms with E-state index in [2.05, 4.69) is 9.97 Å². The van der Waals surface area contributed by atoms with E-state index in [9.17, 15) is 18.7 Å². The Morgan fingerprint density at radius 3 is 2.43 bits per heavy atom. The molecule has 6 nitrogen and oxygen atoms in total. The maximum Gasteiger partial charge on any atom is 0.339 e. The summed E-state index contributed by atoms with van der Waals surface area (Å²) in [5.74, 6) is -2.57. The summed E-state index contributed by atoms with van der Waals surface area (Å²) in [6.07, 6.45) is 1.15. The predicted molar refractivity (Wildman–Crippen MR) is 77.4 cm³/mol. The largest absolute Gasteiger partial charge is 0.478 e. The Morgan fingerprint density at radius 2 is 1.83 bits per heavy atom. The molecule has 23 heavy (non-hydrogen) atoms. The first-order valence-electron chi connectivity index (χ1n) is 6.94. The van der Waals surface area contributed by atoms with Crippen molar-refractivity contribution in [3.8, 4) is 11.3 Å². The summed E-state index contributed by atoms with van der Waals surface area (Å²) in [7, 11) is 0. The molecule has 0 saturated carbocycles. The second-order valence-corrected chi connectivity index (χ2v) is 4.99. The second kappa shape index (κ2) is 6.25. The highest BCUT2D eigenvalue weighted by molar-refractivity contribution is 5.94. The number of morpholine rings is 1. The maximum absolute atomic E-state index is 13.4. The number of benzene rings is 1. The van der Waals surface area contributed by atoms with Crippen LogP contribution in [0.5, 0.6) is 0 Å². The molecule has 1 saturated heterocycles. The van der Waals surface area contributed by atoms with Gasteiger partial charge in [0.15, 0.2) is 0 Å². The molecule has 3 rings (SSSR count). The SMILES string of the molecule is O=C(O)c1cnc(N2CCOCC2)nc1-c1cc(F)cc(F)c1. The van der Waals surface area contributed by atoms with E-state index in [1.165, 1.54) is 0 Å². The normalized spacial score (nSPS) is 14.8. The van der Waals surface area contributed by atoms with Gasteiger partial charge in [0, 0.05) is 30.9 Å². The summed E-state index contributed by atoms with van der Waals surface area (Å²) in [6.45, 7) is 2.13. The van der Waals surface area contributed by atoms with Crippen LogP contribution in [-0.4, -0.2) is 47.3 Å². The molecule has 0 unspecified atom stereocenters. The number of carboxylic acid groups (broad SMARTS) is 1. The summed E-state index contributed by atoms with van der Waals surface area (Å²) < 4.78 is 32.1. The zero-order chi connectivity index (χ0) is 16.4. The Kier molecular flexibility index (Phi) is 4.16. The Bertz CT molecular complexity index is 728. The fourth-order valence-corrected chi connectivity index (χ4v) is 2.36. The van der Waals surface area contributed by atoms with Crippen molar-refractivity contribution >= 4 is 11.9 Å². The molecule has 1 aromatic carbocycles. The van der Waals surface area contributed by atoms with Gasteiger partial charge in [0.05, 0.1) is 18.9 Å². The Labute approximate surface area is 130 Å².